The third-order valence-electron chi connectivity index (χ3n) is 3.04. The zero-order valence-corrected chi connectivity index (χ0v) is 10.8. The van der Waals surface area contributed by atoms with Crippen LogP contribution in [0.3, 0.4) is 0 Å². The van der Waals surface area contributed by atoms with Crippen LogP contribution in [0, 0.1) is 5.41 Å². The Morgan fingerprint density at radius 3 is 2.87 bits per heavy atom. The van der Waals surface area contributed by atoms with Gasteiger partial charge < -0.3 is 10.1 Å². The van der Waals surface area contributed by atoms with Crippen LogP contribution in [0.5, 0.6) is 0 Å². The molecule has 0 radical (unpaired) electrons. The number of rotatable bonds is 7. The summed E-state index contributed by atoms with van der Waals surface area (Å²) in [5.74, 6) is 0.750. The predicted octanol–water partition coefficient (Wildman–Crippen LogP) is 2.80. The Hall–Kier alpha value is 0.210. The van der Waals surface area contributed by atoms with Crippen LogP contribution in [-0.4, -0.2) is 31.7 Å². The molecule has 1 fully saturated rings. The molecule has 1 aliphatic heterocycles. The lowest BCUT2D eigenvalue weighted by atomic mass is 9.90. The quantitative estimate of drug-likeness (QED) is 0.540. The Morgan fingerprint density at radius 2 is 2.27 bits per heavy atom. The zero-order valence-electron chi connectivity index (χ0n) is 10.0. The van der Waals surface area contributed by atoms with E-state index in [2.05, 4.69) is 19.2 Å². The van der Waals surface area contributed by atoms with Crippen LogP contribution in [0.25, 0.3) is 0 Å². The van der Waals surface area contributed by atoms with Crippen LogP contribution in [0.4, 0.5) is 0 Å². The number of hydrogen-bond donors (Lipinski definition) is 1. The molecule has 1 unspecified atom stereocenters. The van der Waals surface area contributed by atoms with Crippen molar-refractivity contribution in [3.63, 3.8) is 0 Å². The van der Waals surface area contributed by atoms with E-state index >= 15 is 0 Å². The average Bonchev–Trinajstić information content (AvgIpc) is 2.65. The summed E-state index contributed by atoms with van der Waals surface area (Å²) in [4.78, 5) is 0. The van der Waals surface area contributed by atoms with E-state index in [1.165, 1.54) is 12.8 Å². The molecule has 1 rings (SSSR count). The Kier molecular flexibility index (Phi) is 5.95. The molecule has 1 saturated heterocycles. The van der Waals surface area contributed by atoms with Crippen LogP contribution in [0.15, 0.2) is 0 Å². The molecule has 1 N–H and O–H groups in total. The van der Waals surface area contributed by atoms with Gasteiger partial charge in [0.2, 0.25) is 0 Å². The second-order valence-corrected chi connectivity index (χ2v) is 5.58. The van der Waals surface area contributed by atoms with Gasteiger partial charge in [0.05, 0.1) is 6.10 Å². The Morgan fingerprint density at radius 1 is 1.47 bits per heavy atom. The fourth-order valence-electron chi connectivity index (χ4n) is 1.91. The molecule has 1 heterocycles. The molecular formula is C12H24ClNO. The Balaban J connectivity index is 2.00. The molecular weight excluding hydrogens is 210 g/mol. The van der Waals surface area contributed by atoms with Crippen LogP contribution >= 0.6 is 11.6 Å². The predicted molar refractivity (Wildman–Crippen MR) is 65.6 cm³/mol. The van der Waals surface area contributed by atoms with Crippen LogP contribution < -0.4 is 5.32 Å². The lowest BCUT2D eigenvalue weighted by molar-refractivity contribution is 0.103. The molecule has 0 saturated carbocycles. The molecule has 15 heavy (non-hydrogen) atoms. The van der Waals surface area contributed by atoms with Crippen molar-refractivity contribution < 1.29 is 4.74 Å². The van der Waals surface area contributed by atoms with Gasteiger partial charge in [0, 0.05) is 19.0 Å². The second kappa shape index (κ2) is 6.72. The lowest BCUT2D eigenvalue weighted by Crippen LogP contribution is -2.31. The maximum absolute atomic E-state index is 5.75. The molecule has 2 nitrogen and oxygen atoms in total. The summed E-state index contributed by atoms with van der Waals surface area (Å²) in [7, 11) is 0. The van der Waals surface area contributed by atoms with Crippen molar-refractivity contribution in [3.8, 4) is 0 Å². The van der Waals surface area contributed by atoms with E-state index < -0.39 is 0 Å². The first-order chi connectivity index (χ1) is 7.14. The van der Waals surface area contributed by atoms with Crippen molar-refractivity contribution in [1.29, 1.82) is 0 Å². The average molecular weight is 234 g/mol. The summed E-state index contributed by atoms with van der Waals surface area (Å²) in [5, 5.41) is 3.50. The Labute approximate surface area is 98.7 Å². The molecule has 0 spiro atoms. The number of ether oxygens (including phenoxy) is 1. The van der Waals surface area contributed by atoms with Crippen molar-refractivity contribution >= 4 is 11.6 Å². The summed E-state index contributed by atoms with van der Waals surface area (Å²) in [6.07, 6.45) is 5.21. The zero-order chi connectivity index (χ0) is 11.1. The third kappa shape index (κ3) is 5.74. The maximum atomic E-state index is 5.75. The minimum atomic E-state index is 0.318. The molecule has 0 bridgehead atoms. The third-order valence-corrected chi connectivity index (χ3v) is 3.23. The van der Waals surface area contributed by atoms with Gasteiger partial charge in [-0.3, -0.25) is 0 Å². The molecule has 0 aromatic carbocycles. The first kappa shape index (κ1) is 13.3. The number of nitrogens with one attached hydrogen (secondary N) is 1. The van der Waals surface area contributed by atoms with Gasteiger partial charge in [-0.15, -0.1) is 11.6 Å². The van der Waals surface area contributed by atoms with Gasteiger partial charge >= 0.3 is 0 Å². The van der Waals surface area contributed by atoms with Gasteiger partial charge in [-0.25, -0.2) is 0 Å². The van der Waals surface area contributed by atoms with Gasteiger partial charge in [0.25, 0.3) is 0 Å². The fourth-order valence-corrected chi connectivity index (χ4v) is 2.42. The van der Waals surface area contributed by atoms with E-state index in [1.54, 1.807) is 0 Å². The van der Waals surface area contributed by atoms with E-state index in [0.29, 0.717) is 11.5 Å². The molecule has 0 amide bonds. The van der Waals surface area contributed by atoms with Gasteiger partial charge in [-0.05, 0) is 37.6 Å². The van der Waals surface area contributed by atoms with Crippen molar-refractivity contribution in [2.45, 2.75) is 45.6 Å². The summed E-state index contributed by atoms with van der Waals surface area (Å²) >= 11 is 5.75. The van der Waals surface area contributed by atoms with Gasteiger partial charge in [-0.1, -0.05) is 13.8 Å². The van der Waals surface area contributed by atoms with E-state index in [9.17, 15) is 0 Å². The number of hydrogen-bond acceptors (Lipinski definition) is 2. The number of alkyl halides is 1. The van der Waals surface area contributed by atoms with Gasteiger partial charge in [0.15, 0.2) is 0 Å². The second-order valence-electron chi connectivity index (χ2n) is 5.20. The summed E-state index contributed by atoms with van der Waals surface area (Å²) in [5.41, 5.74) is 0.318. The van der Waals surface area contributed by atoms with Crippen LogP contribution in [0.2, 0.25) is 0 Å². The normalized spacial score (nSPS) is 22.2. The molecule has 0 aromatic heterocycles. The standard InChI is InChI=1S/C12H24ClNO/c1-12(2,6-7-13)10-14-8-5-11-4-3-9-15-11/h11,14H,3-10H2,1-2H3. The van der Waals surface area contributed by atoms with Crippen molar-refractivity contribution in [2.75, 3.05) is 25.6 Å². The van der Waals surface area contributed by atoms with Crippen LogP contribution in [-0.2, 0) is 4.74 Å². The first-order valence-corrected chi connectivity index (χ1v) is 6.56. The highest BCUT2D eigenvalue weighted by Gasteiger charge is 2.18. The minimum absolute atomic E-state index is 0.318. The van der Waals surface area contributed by atoms with E-state index in [1.807, 2.05) is 0 Å². The van der Waals surface area contributed by atoms with Gasteiger partial charge in [-0.2, -0.15) is 0 Å². The first-order valence-electron chi connectivity index (χ1n) is 6.02. The van der Waals surface area contributed by atoms with Crippen molar-refractivity contribution in [1.82, 2.24) is 5.32 Å². The highest BCUT2D eigenvalue weighted by Crippen LogP contribution is 2.19. The lowest BCUT2D eigenvalue weighted by Gasteiger charge is -2.24. The molecule has 0 aromatic rings. The topological polar surface area (TPSA) is 21.3 Å². The molecule has 3 heteroatoms. The van der Waals surface area contributed by atoms with Crippen LogP contribution in [0.1, 0.15) is 39.5 Å². The summed E-state index contributed by atoms with van der Waals surface area (Å²) in [6.45, 7) is 7.59. The summed E-state index contributed by atoms with van der Waals surface area (Å²) in [6, 6.07) is 0. The Bertz CT molecular complexity index is 167. The largest absolute Gasteiger partial charge is 0.378 e. The van der Waals surface area contributed by atoms with E-state index in [4.69, 9.17) is 16.3 Å². The summed E-state index contributed by atoms with van der Waals surface area (Å²) < 4.78 is 5.57. The fraction of sp³-hybridized carbons (Fsp3) is 1.00. The highest BCUT2D eigenvalue weighted by molar-refractivity contribution is 6.17. The molecule has 0 aliphatic carbocycles. The van der Waals surface area contributed by atoms with E-state index in [-0.39, 0.29) is 0 Å². The van der Waals surface area contributed by atoms with Gasteiger partial charge in [0.1, 0.15) is 0 Å². The SMILES string of the molecule is CC(C)(CCCl)CNCCC1CCCO1. The minimum Gasteiger partial charge on any atom is -0.378 e. The molecule has 1 aliphatic rings. The highest BCUT2D eigenvalue weighted by atomic mass is 35.5. The molecule has 90 valence electrons. The number of halogens is 1. The van der Waals surface area contributed by atoms with Crippen molar-refractivity contribution in [2.24, 2.45) is 5.41 Å². The molecule has 1 atom stereocenters. The smallest absolute Gasteiger partial charge is 0.0588 e. The van der Waals surface area contributed by atoms with E-state index in [0.717, 1.165) is 38.4 Å². The van der Waals surface area contributed by atoms with Crippen molar-refractivity contribution in [3.05, 3.63) is 0 Å². The maximum Gasteiger partial charge on any atom is 0.0588 e. The monoisotopic (exact) mass is 233 g/mol.